The Morgan fingerprint density at radius 3 is 2.57 bits per heavy atom. The molecule has 0 saturated heterocycles. The van der Waals surface area contributed by atoms with Crippen molar-refractivity contribution in [3.05, 3.63) is 59.1 Å². The maximum atomic E-state index is 12.1. The minimum atomic E-state index is -0.0788. The molecule has 0 radical (unpaired) electrons. The third-order valence-electron chi connectivity index (χ3n) is 2.90. The summed E-state index contributed by atoms with van der Waals surface area (Å²) in [7, 11) is 0. The monoisotopic (exact) mass is 303 g/mol. The molecule has 2 aromatic rings. The topological polar surface area (TPSA) is 38.3 Å². The second-order valence-electron chi connectivity index (χ2n) is 4.70. The molecule has 0 saturated carbocycles. The molecule has 110 valence electrons. The first-order valence-corrected chi connectivity index (χ1v) is 7.33. The van der Waals surface area contributed by atoms with Crippen molar-refractivity contribution in [1.29, 1.82) is 0 Å². The number of carbonyl (C=O) groups excluding carboxylic acids is 1. The fourth-order valence-corrected chi connectivity index (χ4v) is 2.02. The van der Waals surface area contributed by atoms with Crippen LogP contribution in [-0.2, 0) is 11.2 Å². The van der Waals surface area contributed by atoms with E-state index in [9.17, 15) is 4.79 Å². The molecule has 2 aromatic carbocycles. The summed E-state index contributed by atoms with van der Waals surface area (Å²) < 4.78 is 5.62. The lowest BCUT2D eigenvalue weighted by atomic mass is 10.1. The van der Waals surface area contributed by atoms with Gasteiger partial charge in [-0.3, -0.25) is 4.79 Å². The van der Waals surface area contributed by atoms with E-state index in [1.165, 1.54) is 0 Å². The minimum Gasteiger partial charge on any atom is -0.491 e. The van der Waals surface area contributed by atoms with Crippen molar-refractivity contribution >= 4 is 23.2 Å². The molecule has 4 heteroatoms. The summed E-state index contributed by atoms with van der Waals surface area (Å²) >= 11 is 5.83. The summed E-state index contributed by atoms with van der Waals surface area (Å²) in [6, 6.07) is 14.7. The Kier molecular flexibility index (Phi) is 5.64. The van der Waals surface area contributed by atoms with E-state index in [-0.39, 0.29) is 5.91 Å². The molecule has 0 aliphatic carbocycles. The van der Waals surface area contributed by atoms with Gasteiger partial charge in [0.05, 0.1) is 18.7 Å². The van der Waals surface area contributed by atoms with Crippen molar-refractivity contribution in [2.75, 3.05) is 11.9 Å². The lowest BCUT2D eigenvalue weighted by Crippen LogP contribution is -2.15. The Bertz CT molecular complexity index is 596. The second-order valence-corrected chi connectivity index (χ2v) is 5.13. The van der Waals surface area contributed by atoms with E-state index in [1.54, 1.807) is 12.1 Å². The Labute approximate surface area is 129 Å². The van der Waals surface area contributed by atoms with E-state index in [0.717, 1.165) is 12.0 Å². The third-order valence-corrected chi connectivity index (χ3v) is 3.15. The lowest BCUT2D eigenvalue weighted by molar-refractivity contribution is -0.115. The number of carbonyl (C=O) groups is 1. The van der Waals surface area contributed by atoms with Crippen LogP contribution in [0, 0.1) is 0 Å². The quantitative estimate of drug-likeness (QED) is 0.863. The third kappa shape index (κ3) is 4.80. The van der Waals surface area contributed by atoms with Crippen molar-refractivity contribution in [2.24, 2.45) is 0 Å². The van der Waals surface area contributed by atoms with Crippen LogP contribution in [0.3, 0.4) is 0 Å². The first kappa shape index (κ1) is 15.4. The Morgan fingerprint density at radius 1 is 1.14 bits per heavy atom. The highest BCUT2D eigenvalue weighted by Gasteiger charge is 2.08. The van der Waals surface area contributed by atoms with Crippen molar-refractivity contribution in [2.45, 2.75) is 19.8 Å². The maximum absolute atomic E-state index is 12.1. The summed E-state index contributed by atoms with van der Waals surface area (Å²) in [5.41, 5.74) is 1.62. The standard InChI is InChI=1S/C17H18ClNO2/c1-2-11-21-16-6-4-3-5-15(16)19-17(20)12-13-7-9-14(18)10-8-13/h3-10H,2,11-12H2,1H3,(H,19,20). The second kappa shape index (κ2) is 7.70. The molecule has 3 nitrogen and oxygen atoms in total. The number of rotatable bonds is 6. The highest BCUT2D eigenvalue weighted by Crippen LogP contribution is 2.24. The molecule has 0 fully saturated rings. The van der Waals surface area contributed by atoms with Gasteiger partial charge in [-0.05, 0) is 36.2 Å². The van der Waals surface area contributed by atoms with Crippen LogP contribution in [-0.4, -0.2) is 12.5 Å². The van der Waals surface area contributed by atoms with Crippen LogP contribution in [0.15, 0.2) is 48.5 Å². The van der Waals surface area contributed by atoms with Crippen molar-refractivity contribution < 1.29 is 9.53 Å². The van der Waals surface area contributed by atoms with Gasteiger partial charge in [0.1, 0.15) is 5.75 Å². The van der Waals surface area contributed by atoms with Gasteiger partial charge in [-0.1, -0.05) is 42.8 Å². The average molecular weight is 304 g/mol. The highest BCUT2D eigenvalue weighted by atomic mass is 35.5. The van der Waals surface area contributed by atoms with Crippen LogP contribution in [0.1, 0.15) is 18.9 Å². The Morgan fingerprint density at radius 2 is 1.86 bits per heavy atom. The molecule has 0 aliphatic rings. The fourth-order valence-electron chi connectivity index (χ4n) is 1.89. The van der Waals surface area contributed by atoms with Crippen LogP contribution in [0.25, 0.3) is 0 Å². The highest BCUT2D eigenvalue weighted by molar-refractivity contribution is 6.30. The molecule has 0 heterocycles. The molecule has 2 rings (SSSR count). The summed E-state index contributed by atoms with van der Waals surface area (Å²) in [4.78, 5) is 12.1. The predicted molar refractivity (Wildman–Crippen MR) is 86.0 cm³/mol. The number of nitrogens with one attached hydrogen (secondary N) is 1. The number of hydrogen-bond acceptors (Lipinski definition) is 2. The van der Waals surface area contributed by atoms with Crippen LogP contribution in [0.5, 0.6) is 5.75 Å². The van der Waals surface area contributed by atoms with E-state index < -0.39 is 0 Å². The number of halogens is 1. The number of benzene rings is 2. The molecular weight excluding hydrogens is 286 g/mol. The predicted octanol–water partition coefficient (Wildman–Crippen LogP) is 4.31. The molecule has 1 N–H and O–H groups in total. The summed E-state index contributed by atoms with van der Waals surface area (Å²) in [6.45, 7) is 2.67. The first-order chi connectivity index (χ1) is 10.2. The van der Waals surface area contributed by atoms with Crippen molar-refractivity contribution in [3.63, 3.8) is 0 Å². The van der Waals surface area contributed by atoms with Crippen LogP contribution >= 0.6 is 11.6 Å². The molecule has 1 amide bonds. The van der Waals surface area contributed by atoms with Gasteiger partial charge >= 0.3 is 0 Å². The van der Waals surface area contributed by atoms with Crippen molar-refractivity contribution in [1.82, 2.24) is 0 Å². The maximum Gasteiger partial charge on any atom is 0.228 e. The SMILES string of the molecule is CCCOc1ccccc1NC(=O)Cc1ccc(Cl)cc1. The van der Waals surface area contributed by atoms with Gasteiger partial charge in [0.15, 0.2) is 0 Å². The van der Waals surface area contributed by atoms with Crippen LogP contribution in [0.2, 0.25) is 5.02 Å². The number of para-hydroxylation sites is 2. The first-order valence-electron chi connectivity index (χ1n) is 6.95. The van der Waals surface area contributed by atoms with Gasteiger partial charge in [0, 0.05) is 5.02 Å². The zero-order valence-corrected chi connectivity index (χ0v) is 12.7. The largest absolute Gasteiger partial charge is 0.491 e. The van der Waals surface area contributed by atoms with E-state index in [0.29, 0.717) is 29.5 Å². The Balaban J connectivity index is 2.00. The van der Waals surface area contributed by atoms with Gasteiger partial charge < -0.3 is 10.1 Å². The van der Waals surface area contributed by atoms with E-state index in [2.05, 4.69) is 5.32 Å². The summed E-state index contributed by atoms with van der Waals surface area (Å²) in [5, 5.41) is 3.55. The number of hydrogen-bond donors (Lipinski definition) is 1. The molecule has 0 atom stereocenters. The van der Waals surface area contributed by atoms with Gasteiger partial charge in [-0.15, -0.1) is 0 Å². The normalized spacial score (nSPS) is 10.2. The van der Waals surface area contributed by atoms with Gasteiger partial charge in [-0.25, -0.2) is 0 Å². The van der Waals surface area contributed by atoms with Crippen LogP contribution < -0.4 is 10.1 Å². The van der Waals surface area contributed by atoms with E-state index >= 15 is 0 Å². The molecule has 21 heavy (non-hydrogen) atoms. The fraction of sp³-hybridized carbons (Fsp3) is 0.235. The lowest BCUT2D eigenvalue weighted by Gasteiger charge is -2.12. The molecular formula is C17H18ClNO2. The average Bonchev–Trinajstić information content (AvgIpc) is 2.49. The van der Waals surface area contributed by atoms with E-state index in [4.69, 9.17) is 16.3 Å². The zero-order valence-electron chi connectivity index (χ0n) is 11.9. The molecule has 0 unspecified atom stereocenters. The number of anilines is 1. The smallest absolute Gasteiger partial charge is 0.228 e. The summed E-state index contributed by atoms with van der Waals surface area (Å²) in [5.74, 6) is 0.619. The van der Waals surface area contributed by atoms with E-state index in [1.807, 2.05) is 43.3 Å². The Hall–Kier alpha value is -2.00. The van der Waals surface area contributed by atoms with Crippen LogP contribution in [0.4, 0.5) is 5.69 Å². The summed E-state index contributed by atoms with van der Waals surface area (Å²) in [6.07, 6.45) is 1.23. The van der Waals surface area contributed by atoms with Gasteiger partial charge in [0.2, 0.25) is 5.91 Å². The number of amides is 1. The minimum absolute atomic E-state index is 0.0788. The molecule has 0 bridgehead atoms. The molecule has 0 spiro atoms. The van der Waals surface area contributed by atoms with Gasteiger partial charge in [-0.2, -0.15) is 0 Å². The zero-order chi connectivity index (χ0) is 15.1. The van der Waals surface area contributed by atoms with Gasteiger partial charge in [0.25, 0.3) is 0 Å². The van der Waals surface area contributed by atoms with Crippen molar-refractivity contribution in [3.8, 4) is 5.75 Å². The molecule has 0 aromatic heterocycles. The number of ether oxygens (including phenoxy) is 1. The molecule has 0 aliphatic heterocycles.